The Balaban J connectivity index is 2.50. The molecule has 1 aromatic rings. The molecule has 0 fully saturated rings. The number of aliphatic carboxylic acids is 1. The maximum Gasteiger partial charge on any atom is 0.306 e. The summed E-state index contributed by atoms with van der Waals surface area (Å²) in [6, 6.07) is 0. The molecule has 0 atom stereocenters. The first-order valence-electron chi connectivity index (χ1n) is 3.57. The van der Waals surface area contributed by atoms with Crippen molar-refractivity contribution in [2.45, 2.75) is 6.42 Å². The SMILES string of the molecule is O=C(O)CCOc1cnc[nH]c1=O. The van der Waals surface area contributed by atoms with Crippen LogP contribution in [0.15, 0.2) is 17.3 Å². The average Bonchev–Trinajstić information content (AvgIpc) is 2.08. The zero-order valence-electron chi connectivity index (χ0n) is 6.69. The molecule has 2 N–H and O–H groups in total. The molecule has 13 heavy (non-hydrogen) atoms. The highest BCUT2D eigenvalue weighted by molar-refractivity contribution is 5.66. The first-order chi connectivity index (χ1) is 6.20. The van der Waals surface area contributed by atoms with Crippen molar-refractivity contribution in [3.05, 3.63) is 22.9 Å². The van der Waals surface area contributed by atoms with Crippen LogP contribution in [0.4, 0.5) is 0 Å². The number of rotatable bonds is 4. The first-order valence-corrected chi connectivity index (χ1v) is 3.57. The van der Waals surface area contributed by atoms with Gasteiger partial charge in [0.2, 0.25) is 5.75 Å². The molecule has 70 valence electrons. The van der Waals surface area contributed by atoms with Crippen LogP contribution in [0.1, 0.15) is 6.42 Å². The fourth-order valence-corrected chi connectivity index (χ4v) is 0.682. The molecule has 0 aliphatic rings. The number of nitrogens with zero attached hydrogens (tertiary/aromatic N) is 1. The highest BCUT2D eigenvalue weighted by Crippen LogP contribution is 1.97. The topological polar surface area (TPSA) is 92.3 Å². The summed E-state index contributed by atoms with van der Waals surface area (Å²) >= 11 is 0. The molecule has 0 aliphatic heterocycles. The van der Waals surface area contributed by atoms with Gasteiger partial charge in [-0.05, 0) is 0 Å². The Bertz CT molecular complexity index is 346. The molecule has 0 amide bonds. The molecule has 0 aromatic carbocycles. The van der Waals surface area contributed by atoms with Crippen LogP contribution >= 0.6 is 0 Å². The largest absolute Gasteiger partial charge is 0.486 e. The van der Waals surface area contributed by atoms with Crippen LogP contribution in [0.3, 0.4) is 0 Å². The number of ether oxygens (including phenoxy) is 1. The van der Waals surface area contributed by atoms with Crippen molar-refractivity contribution in [3.8, 4) is 5.75 Å². The quantitative estimate of drug-likeness (QED) is 0.665. The molecule has 6 heteroatoms. The van der Waals surface area contributed by atoms with E-state index >= 15 is 0 Å². The second kappa shape index (κ2) is 4.24. The third kappa shape index (κ3) is 2.94. The van der Waals surface area contributed by atoms with Gasteiger partial charge in [-0.2, -0.15) is 0 Å². The van der Waals surface area contributed by atoms with Crippen LogP contribution in [0.25, 0.3) is 0 Å². The maximum atomic E-state index is 10.9. The van der Waals surface area contributed by atoms with Gasteiger partial charge < -0.3 is 14.8 Å². The number of hydrogen-bond donors (Lipinski definition) is 2. The first kappa shape index (κ1) is 9.24. The summed E-state index contributed by atoms with van der Waals surface area (Å²) < 4.78 is 4.86. The standard InChI is InChI=1S/C7H8N2O4/c10-6(11)1-2-13-5-3-8-4-9-7(5)12/h3-4H,1-2H2,(H,10,11)(H,8,9,12). The van der Waals surface area contributed by atoms with E-state index in [0.717, 1.165) is 0 Å². The van der Waals surface area contributed by atoms with Gasteiger partial charge in [0.15, 0.2) is 0 Å². The number of carboxylic acids is 1. The predicted octanol–water partition coefficient (Wildman–Crippen LogP) is -0.377. The van der Waals surface area contributed by atoms with Crippen LogP contribution in [0.5, 0.6) is 5.75 Å². The number of carbonyl (C=O) groups is 1. The summed E-state index contributed by atoms with van der Waals surface area (Å²) in [4.78, 5) is 26.9. The number of carboxylic acid groups (broad SMARTS) is 1. The lowest BCUT2D eigenvalue weighted by Crippen LogP contribution is -2.13. The predicted molar refractivity (Wildman–Crippen MR) is 42.6 cm³/mol. The average molecular weight is 184 g/mol. The lowest BCUT2D eigenvalue weighted by atomic mass is 10.5. The molecular weight excluding hydrogens is 176 g/mol. The van der Waals surface area contributed by atoms with Gasteiger partial charge in [0.1, 0.15) is 0 Å². The van der Waals surface area contributed by atoms with E-state index in [-0.39, 0.29) is 18.8 Å². The fraction of sp³-hybridized carbons (Fsp3) is 0.286. The maximum absolute atomic E-state index is 10.9. The molecule has 0 bridgehead atoms. The van der Waals surface area contributed by atoms with Gasteiger partial charge in [0, 0.05) is 0 Å². The fourth-order valence-electron chi connectivity index (χ4n) is 0.682. The van der Waals surface area contributed by atoms with Crippen molar-refractivity contribution in [2.24, 2.45) is 0 Å². The van der Waals surface area contributed by atoms with Gasteiger partial charge >= 0.3 is 5.97 Å². The van der Waals surface area contributed by atoms with Gasteiger partial charge in [-0.15, -0.1) is 0 Å². The van der Waals surface area contributed by atoms with E-state index in [0.29, 0.717) is 0 Å². The molecule has 1 aromatic heterocycles. The molecule has 0 saturated carbocycles. The van der Waals surface area contributed by atoms with E-state index in [4.69, 9.17) is 9.84 Å². The number of nitrogens with one attached hydrogen (secondary N) is 1. The minimum atomic E-state index is -0.972. The van der Waals surface area contributed by atoms with Gasteiger partial charge in [-0.3, -0.25) is 9.59 Å². The third-order valence-electron chi connectivity index (χ3n) is 1.26. The molecule has 0 aliphatic carbocycles. The smallest absolute Gasteiger partial charge is 0.306 e. The molecule has 1 rings (SSSR count). The highest BCUT2D eigenvalue weighted by Gasteiger charge is 2.01. The van der Waals surface area contributed by atoms with Crippen molar-refractivity contribution in [1.82, 2.24) is 9.97 Å². The van der Waals surface area contributed by atoms with Crippen LogP contribution < -0.4 is 10.3 Å². The second-order valence-corrected chi connectivity index (χ2v) is 2.24. The van der Waals surface area contributed by atoms with Crippen molar-refractivity contribution in [2.75, 3.05) is 6.61 Å². The monoisotopic (exact) mass is 184 g/mol. The van der Waals surface area contributed by atoms with Gasteiger partial charge in [-0.25, -0.2) is 4.98 Å². The van der Waals surface area contributed by atoms with Crippen molar-refractivity contribution in [1.29, 1.82) is 0 Å². The minimum Gasteiger partial charge on any atom is -0.486 e. The lowest BCUT2D eigenvalue weighted by Gasteiger charge is -2.00. The molecular formula is C7H8N2O4. The third-order valence-corrected chi connectivity index (χ3v) is 1.26. The van der Waals surface area contributed by atoms with Crippen molar-refractivity contribution in [3.63, 3.8) is 0 Å². The van der Waals surface area contributed by atoms with E-state index in [9.17, 15) is 9.59 Å². The summed E-state index contributed by atoms with van der Waals surface area (Å²) in [6.07, 6.45) is 2.32. The number of aromatic nitrogens is 2. The van der Waals surface area contributed by atoms with Crippen molar-refractivity contribution < 1.29 is 14.6 Å². The molecule has 0 spiro atoms. The van der Waals surface area contributed by atoms with Crippen LogP contribution in [0, 0.1) is 0 Å². The van der Waals surface area contributed by atoms with Gasteiger partial charge in [-0.1, -0.05) is 0 Å². The van der Waals surface area contributed by atoms with Crippen LogP contribution in [-0.2, 0) is 4.79 Å². The number of aromatic amines is 1. The molecule has 0 radical (unpaired) electrons. The lowest BCUT2D eigenvalue weighted by molar-refractivity contribution is -0.137. The van der Waals surface area contributed by atoms with E-state index in [1.165, 1.54) is 12.5 Å². The summed E-state index contributed by atoms with van der Waals surface area (Å²) in [5, 5.41) is 8.28. The summed E-state index contributed by atoms with van der Waals surface area (Å²) in [7, 11) is 0. The Hall–Kier alpha value is -1.85. The molecule has 6 nitrogen and oxygen atoms in total. The Labute approximate surface area is 73.2 Å². The summed E-state index contributed by atoms with van der Waals surface area (Å²) in [6.45, 7) is -0.0376. The number of H-pyrrole nitrogens is 1. The highest BCUT2D eigenvalue weighted by atomic mass is 16.5. The second-order valence-electron chi connectivity index (χ2n) is 2.24. The molecule has 0 unspecified atom stereocenters. The molecule has 1 heterocycles. The normalized spacial score (nSPS) is 9.54. The van der Waals surface area contributed by atoms with E-state index in [1.807, 2.05) is 0 Å². The van der Waals surface area contributed by atoms with E-state index in [2.05, 4.69) is 9.97 Å². The molecule has 0 saturated heterocycles. The zero-order valence-corrected chi connectivity index (χ0v) is 6.69. The van der Waals surface area contributed by atoms with Crippen molar-refractivity contribution >= 4 is 5.97 Å². The van der Waals surface area contributed by atoms with E-state index in [1.54, 1.807) is 0 Å². The Kier molecular flexibility index (Phi) is 3.02. The Morgan fingerprint density at radius 3 is 3.08 bits per heavy atom. The summed E-state index contributed by atoms with van der Waals surface area (Å²) in [5.74, 6) is -0.941. The van der Waals surface area contributed by atoms with Gasteiger partial charge in [0.25, 0.3) is 5.56 Å². The Morgan fingerprint density at radius 1 is 1.69 bits per heavy atom. The van der Waals surface area contributed by atoms with Crippen LogP contribution in [0.2, 0.25) is 0 Å². The van der Waals surface area contributed by atoms with E-state index < -0.39 is 11.5 Å². The van der Waals surface area contributed by atoms with Gasteiger partial charge in [0.05, 0.1) is 25.6 Å². The number of hydrogen-bond acceptors (Lipinski definition) is 4. The Morgan fingerprint density at radius 2 is 2.46 bits per heavy atom. The van der Waals surface area contributed by atoms with Crippen LogP contribution in [-0.4, -0.2) is 27.7 Å². The minimum absolute atomic E-state index is 0.0312. The summed E-state index contributed by atoms with van der Waals surface area (Å²) in [5.41, 5.74) is -0.416. The zero-order chi connectivity index (χ0) is 9.68.